The Morgan fingerprint density at radius 1 is 1.28 bits per heavy atom. The van der Waals surface area contributed by atoms with Crippen molar-refractivity contribution in [1.29, 1.82) is 0 Å². The molecule has 1 aromatic rings. The van der Waals surface area contributed by atoms with Crippen LogP contribution in [0.1, 0.15) is 39.2 Å². The average molecular weight is 266 g/mol. The third-order valence-corrected chi connectivity index (χ3v) is 4.20. The van der Waals surface area contributed by atoms with Crippen LogP contribution in [0.25, 0.3) is 0 Å². The van der Waals surface area contributed by atoms with Crippen LogP contribution in [-0.2, 0) is 5.41 Å². The highest BCUT2D eigenvalue weighted by atomic mass is 35.5. The summed E-state index contributed by atoms with van der Waals surface area (Å²) in [5.74, 6) is 1.56. The highest BCUT2D eigenvalue weighted by Gasteiger charge is 2.42. The molecule has 0 aliphatic heterocycles. The zero-order chi connectivity index (χ0) is 13.2. The van der Waals surface area contributed by atoms with Gasteiger partial charge in [0, 0.05) is 17.0 Å². The van der Waals surface area contributed by atoms with Crippen LogP contribution in [0.15, 0.2) is 24.3 Å². The Morgan fingerprint density at radius 3 is 2.39 bits per heavy atom. The number of benzene rings is 1. The Kier molecular flexibility index (Phi) is 4.34. The average Bonchev–Trinajstić information content (AvgIpc) is 2.26. The standard InChI is InChI=1S/C16H24ClN/c1-12(2)10-18-11-16(8-13(3)9-16)14-4-6-15(17)7-5-14/h4-7,12-13,18H,8-11H2,1-3H3. The van der Waals surface area contributed by atoms with Gasteiger partial charge in [0.05, 0.1) is 0 Å². The van der Waals surface area contributed by atoms with E-state index in [2.05, 4.69) is 38.2 Å². The Morgan fingerprint density at radius 2 is 1.89 bits per heavy atom. The first-order valence-corrected chi connectivity index (χ1v) is 7.36. The van der Waals surface area contributed by atoms with Crippen LogP contribution in [0.4, 0.5) is 0 Å². The Bertz CT molecular complexity index is 377. The van der Waals surface area contributed by atoms with Gasteiger partial charge >= 0.3 is 0 Å². The molecule has 0 bridgehead atoms. The Balaban J connectivity index is 2.05. The molecule has 0 unspecified atom stereocenters. The van der Waals surface area contributed by atoms with Crippen LogP contribution in [-0.4, -0.2) is 13.1 Å². The molecule has 0 aromatic heterocycles. The molecule has 2 rings (SSSR count). The van der Waals surface area contributed by atoms with E-state index in [0.717, 1.165) is 24.0 Å². The summed E-state index contributed by atoms with van der Waals surface area (Å²) in [6, 6.07) is 8.44. The summed E-state index contributed by atoms with van der Waals surface area (Å²) in [7, 11) is 0. The van der Waals surface area contributed by atoms with E-state index >= 15 is 0 Å². The fourth-order valence-corrected chi connectivity index (χ4v) is 3.29. The molecule has 0 radical (unpaired) electrons. The van der Waals surface area contributed by atoms with Gasteiger partial charge in [0.1, 0.15) is 0 Å². The number of hydrogen-bond donors (Lipinski definition) is 1. The van der Waals surface area contributed by atoms with Crippen molar-refractivity contribution < 1.29 is 0 Å². The summed E-state index contributed by atoms with van der Waals surface area (Å²) < 4.78 is 0. The number of rotatable bonds is 5. The largest absolute Gasteiger partial charge is 0.316 e. The van der Waals surface area contributed by atoms with Crippen molar-refractivity contribution in [3.05, 3.63) is 34.9 Å². The van der Waals surface area contributed by atoms with Gasteiger partial charge in [-0.1, -0.05) is 44.5 Å². The van der Waals surface area contributed by atoms with Crippen LogP contribution in [0, 0.1) is 11.8 Å². The van der Waals surface area contributed by atoms with Crippen molar-refractivity contribution in [2.45, 2.75) is 39.0 Å². The van der Waals surface area contributed by atoms with E-state index in [4.69, 9.17) is 11.6 Å². The second-order valence-corrected chi connectivity index (χ2v) is 6.76. The van der Waals surface area contributed by atoms with Crippen molar-refractivity contribution >= 4 is 11.6 Å². The molecule has 0 amide bonds. The fourth-order valence-electron chi connectivity index (χ4n) is 3.16. The van der Waals surface area contributed by atoms with Crippen molar-refractivity contribution in [3.63, 3.8) is 0 Å². The molecule has 1 saturated carbocycles. The van der Waals surface area contributed by atoms with Crippen LogP contribution in [0.5, 0.6) is 0 Å². The van der Waals surface area contributed by atoms with E-state index in [1.54, 1.807) is 0 Å². The number of nitrogens with one attached hydrogen (secondary N) is 1. The van der Waals surface area contributed by atoms with Gasteiger partial charge < -0.3 is 5.32 Å². The molecule has 100 valence electrons. The van der Waals surface area contributed by atoms with Crippen molar-refractivity contribution in [2.24, 2.45) is 11.8 Å². The quantitative estimate of drug-likeness (QED) is 0.839. The second kappa shape index (κ2) is 5.63. The predicted molar refractivity (Wildman–Crippen MR) is 79.2 cm³/mol. The number of halogens is 1. The lowest BCUT2D eigenvalue weighted by Gasteiger charge is -2.47. The maximum atomic E-state index is 5.98. The lowest BCUT2D eigenvalue weighted by molar-refractivity contribution is 0.151. The SMILES string of the molecule is CC(C)CNCC1(c2ccc(Cl)cc2)CC(C)C1. The first-order chi connectivity index (χ1) is 8.52. The van der Waals surface area contributed by atoms with Crippen molar-refractivity contribution in [2.75, 3.05) is 13.1 Å². The van der Waals surface area contributed by atoms with Gasteiger partial charge in [-0.3, -0.25) is 0 Å². The van der Waals surface area contributed by atoms with Crippen LogP contribution in [0.3, 0.4) is 0 Å². The van der Waals surface area contributed by atoms with E-state index in [1.807, 2.05) is 12.1 Å². The van der Waals surface area contributed by atoms with Crippen molar-refractivity contribution in [1.82, 2.24) is 5.32 Å². The van der Waals surface area contributed by atoms with Gasteiger partial charge in [-0.2, -0.15) is 0 Å². The molecule has 0 atom stereocenters. The maximum absolute atomic E-state index is 5.98. The summed E-state index contributed by atoms with van der Waals surface area (Å²) in [5.41, 5.74) is 1.79. The topological polar surface area (TPSA) is 12.0 Å². The molecule has 18 heavy (non-hydrogen) atoms. The minimum atomic E-state index is 0.346. The molecule has 1 N–H and O–H groups in total. The van der Waals surface area contributed by atoms with E-state index in [-0.39, 0.29) is 0 Å². The van der Waals surface area contributed by atoms with Gasteiger partial charge in [-0.05, 0) is 48.9 Å². The lowest BCUT2D eigenvalue weighted by Crippen LogP contribution is -2.48. The van der Waals surface area contributed by atoms with E-state index < -0.39 is 0 Å². The molecular formula is C16H24ClN. The minimum absolute atomic E-state index is 0.346. The molecule has 0 saturated heterocycles. The molecular weight excluding hydrogens is 242 g/mol. The zero-order valence-corrected chi connectivity index (χ0v) is 12.4. The van der Waals surface area contributed by atoms with E-state index in [0.29, 0.717) is 11.3 Å². The highest BCUT2D eigenvalue weighted by Crippen LogP contribution is 2.47. The lowest BCUT2D eigenvalue weighted by atomic mass is 9.59. The van der Waals surface area contributed by atoms with Gasteiger partial charge in [-0.25, -0.2) is 0 Å². The van der Waals surface area contributed by atoms with Gasteiger partial charge in [0.2, 0.25) is 0 Å². The summed E-state index contributed by atoms with van der Waals surface area (Å²) in [6.45, 7) is 9.05. The minimum Gasteiger partial charge on any atom is -0.316 e. The smallest absolute Gasteiger partial charge is 0.0406 e. The third-order valence-electron chi connectivity index (χ3n) is 3.95. The van der Waals surface area contributed by atoms with E-state index in [9.17, 15) is 0 Å². The monoisotopic (exact) mass is 265 g/mol. The summed E-state index contributed by atoms with van der Waals surface area (Å²) in [6.07, 6.45) is 2.58. The van der Waals surface area contributed by atoms with Gasteiger partial charge in [0.15, 0.2) is 0 Å². The predicted octanol–water partition coefficient (Wildman–Crippen LogP) is 4.25. The molecule has 1 aliphatic rings. The first-order valence-electron chi connectivity index (χ1n) is 6.98. The van der Waals surface area contributed by atoms with E-state index in [1.165, 1.54) is 18.4 Å². The molecule has 1 fully saturated rings. The first kappa shape index (κ1) is 13.9. The van der Waals surface area contributed by atoms with Crippen LogP contribution >= 0.6 is 11.6 Å². The molecule has 0 heterocycles. The van der Waals surface area contributed by atoms with Crippen LogP contribution in [0.2, 0.25) is 5.02 Å². The number of hydrogen-bond acceptors (Lipinski definition) is 1. The second-order valence-electron chi connectivity index (χ2n) is 6.33. The Labute approximate surface area is 116 Å². The van der Waals surface area contributed by atoms with Crippen LogP contribution < -0.4 is 5.32 Å². The third kappa shape index (κ3) is 3.07. The molecule has 1 aliphatic carbocycles. The molecule has 0 spiro atoms. The van der Waals surface area contributed by atoms with Crippen molar-refractivity contribution in [3.8, 4) is 0 Å². The van der Waals surface area contributed by atoms with Gasteiger partial charge in [0.25, 0.3) is 0 Å². The Hall–Kier alpha value is -0.530. The zero-order valence-electron chi connectivity index (χ0n) is 11.7. The molecule has 2 heteroatoms. The highest BCUT2D eigenvalue weighted by molar-refractivity contribution is 6.30. The normalized spacial score (nSPS) is 27.3. The maximum Gasteiger partial charge on any atom is 0.0406 e. The summed E-state index contributed by atoms with van der Waals surface area (Å²) in [5, 5.41) is 4.46. The van der Waals surface area contributed by atoms with Gasteiger partial charge in [-0.15, -0.1) is 0 Å². The summed E-state index contributed by atoms with van der Waals surface area (Å²) in [4.78, 5) is 0. The molecule has 1 nitrogen and oxygen atoms in total. The molecule has 1 aromatic carbocycles. The fraction of sp³-hybridized carbons (Fsp3) is 0.625. The summed E-state index contributed by atoms with van der Waals surface area (Å²) >= 11 is 5.98.